The fourth-order valence-electron chi connectivity index (χ4n) is 2.12. The number of aromatic nitrogens is 1. The number of Topliss-reactive ketones (excluding diaryl/α,β-unsaturated/α-hetero) is 1. The fourth-order valence-corrected chi connectivity index (χ4v) is 3.11. The number of carbonyl (C=O) groups excluding carboxylic acids is 2. The summed E-state index contributed by atoms with van der Waals surface area (Å²) in [6.45, 7) is -0.0696. The van der Waals surface area contributed by atoms with Gasteiger partial charge in [0.2, 0.25) is 5.91 Å². The van der Waals surface area contributed by atoms with Gasteiger partial charge in [0.15, 0.2) is 5.78 Å². The van der Waals surface area contributed by atoms with Gasteiger partial charge in [-0.25, -0.2) is 9.78 Å². The van der Waals surface area contributed by atoms with Crippen LogP contribution in [0.3, 0.4) is 0 Å². The molecular weight excluding hydrogens is 268 g/mol. The van der Waals surface area contributed by atoms with E-state index in [-0.39, 0.29) is 35.2 Å². The lowest BCUT2D eigenvalue weighted by molar-refractivity contribution is -0.121. The molecule has 0 spiro atoms. The zero-order valence-corrected chi connectivity index (χ0v) is 10.4. The number of amides is 1. The molecule has 2 aromatic rings. The van der Waals surface area contributed by atoms with Gasteiger partial charge in [0, 0.05) is 11.6 Å². The molecule has 1 saturated heterocycles. The van der Waals surface area contributed by atoms with Crippen LogP contribution in [0.5, 0.6) is 0 Å². The minimum atomic E-state index is -1.12. The highest BCUT2D eigenvalue weighted by Gasteiger charge is 2.34. The third-order valence-corrected chi connectivity index (χ3v) is 3.98. The first kappa shape index (κ1) is 11.8. The number of hydrogen-bond acceptors (Lipinski definition) is 5. The van der Waals surface area contributed by atoms with Gasteiger partial charge >= 0.3 is 5.97 Å². The maximum absolute atomic E-state index is 11.8. The van der Waals surface area contributed by atoms with Crippen molar-refractivity contribution >= 4 is 44.9 Å². The van der Waals surface area contributed by atoms with Crippen molar-refractivity contribution in [2.45, 2.75) is 6.42 Å². The number of nitrogens with zero attached hydrogens (tertiary/aromatic N) is 2. The Morgan fingerprint density at radius 2 is 2.21 bits per heavy atom. The van der Waals surface area contributed by atoms with E-state index >= 15 is 0 Å². The first-order valence-electron chi connectivity index (χ1n) is 5.51. The number of carboxylic acids is 1. The topological polar surface area (TPSA) is 87.6 Å². The molecule has 0 unspecified atom stereocenters. The molecule has 3 rings (SSSR count). The predicted molar refractivity (Wildman–Crippen MR) is 68.6 cm³/mol. The molecule has 1 aliphatic heterocycles. The van der Waals surface area contributed by atoms with Crippen LogP contribution < -0.4 is 4.90 Å². The maximum atomic E-state index is 11.8. The third kappa shape index (κ3) is 1.78. The molecule has 0 aliphatic carbocycles. The molecule has 1 aliphatic rings. The Hall–Kier alpha value is -2.28. The average Bonchev–Trinajstić information content (AvgIpc) is 2.89. The lowest BCUT2D eigenvalue weighted by Crippen LogP contribution is -2.25. The number of ketones is 1. The maximum Gasteiger partial charge on any atom is 0.348 e. The van der Waals surface area contributed by atoms with Crippen LogP contribution in [0.4, 0.5) is 5.69 Å². The molecule has 0 saturated carbocycles. The molecule has 2 aromatic heterocycles. The van der Waals surface area contributed by atoms with Crippen LogP contribution >= 0.6 is 11.3 Å². The number of rotatable bonds is 2. The van der Waals surface area contributed by atoms with Crippen LogP contribution in [-0.4, -0.2) is 34.3 Å². The number of thiophene rings is 1. The summed E-state index contributed by atoms with van der Waals surface area (Å²) in [6.07, 6.45) is 1.39. The van der Waals surface area contributed by atoms with Gasteiger partial charge in [-0.05, 0) is 12.1 Å². The second-order valence-corrected chi connectivity index (χ2v) is 5.14. The van der Waals surface area contributed by atoms with Gasteiger partial charge in [-0.2, -0.15) is 0 Å². The highest BCUT2D eigenvalue weighted by atomic mass is 32.1. The van der Waals surface area contributed by atoms with Gasteiger partial charge in [0.25, 0.3) is 0 Å². The number of anilines is 1. The highest BCUT2D eigenvalue weighted by molar-refractivity contribution is 7.21. The largest absolute Gasteiger partial charge is 0.477 e. The molecule has 0 atom stereocenters. The van der Waals surface area contributed by atoms with E-state index in [9.17, 15) is 19.5 Å². The molecule has 19 heavy (non-hydrogen) atoms. The van der Waals surface area contributed by atoms with E-state index < -0.39 is 5.97 Å². The first-order chi connectivity index (χ1) is 9.08. The number of fused-ring (bicyclic) bond motifs is 1. The summed E-state index contributed by atoms with van der Waals surface area (Å²) < 4.78 is 0. The quantitative estimate of drug-likeness (QED) is 0.835. The Balaban J connectivity index is 2.26. The Kier molecular flexibility index (Phi) is 2.56. The minimum Gasteiger partial charge on any atom is -0.477 e. The van der Waals surface area contributed by atoms with E-state index in [0.717, 1.165) is 11.3 Å². The molecule has 0 aromatic carbocycles. The van der Waals surface area contributed by atoms with Gasteiger partial charge in [-0.3, -0.25) is 9.59 Å². The zero-order chi connectivity index (χ0) is 13.6. The Morgan fingerprint density at radius 3 is 2.84 bits per heavy atom. The zero-order valence-electron chi connectivity index (χ0n) is 9.62. The van der Waals surface area contributed by atoms with Crippen LogP contribution in [0, 0.1) is 0 Å². The summed E-state index contributed by atoms with van der Waals surface area (Å²) in [7, 11) is 0. The van der Waals surface area contributed by atoms with Crippen molar-refractivity contribution in [2.75, 3.05) is 11.4 Å². The molecule has 1 fully saturated rings. The molecule has 0 radical (unpaired) electrons. The van der Waals surface area contributed by atoms with Crippen LogP contribution in [0.1, 0.15) is 16.1 Å². The predicted octanol–water partition coefficient (Wildman–Crippen LogP) is 1.30. The van der Waals surface area contributed by atoms with Gasteiger partial charge < -0.3 is 10.0 Å². The van der Waals surface area contributed by atoms with Crippen LogP contribution in [0.25, 0.3) is 10.2 Å². The van der Waals surface area contributed by atoms with E-state index in [4.69, 9.17) is 0 Å². The second-order valence-electron chi connectivity index (χ2n) is 4.14. The number of aromatic carboxylic acids is 1. The van der Waals surface area contributed by atoms with E-state index in [0.29, 0.717) is 10.2 Å². The van der Waals surface area contributed by atoms with E-state index in [1.165, 1.54) is 4.90 Å². The molecule has 3 heterocycles. The molecule has 1 amide bonds. The van der Waals surface area contributed by atoms with Gasteiger partial charge in [-0.1, -0.05) is 0 Å². The van der Waals surface area contributed by atoms with Crippen molar-refractivity contribution in [1.29, 1.82) is 0 Å². The lowest BCUT2D eigenvalue weighted by Gasteiger charge is -2.14. The van der Waals surface area contributed by atoms with Gasteiger partial charge in [-0.15, -0.1) is 11.3 Å². The average molecular weight is 276 g/mol. The molecule has 7 heteroatoms. The summed E-state index contributed by atoms with van der Waals surface area (Å²) in [6, 6.07) is 3.38. The second kappa shape index (κ2) is 4.13. The standard InChI is InChI=1S/C12H8N2O4S/c15-6-4-8(16)14(5-6)9-7-2-1-3-13-11(7)19-10(9)12(17)18/h1-3H,4-5H2,(H,17,18). The lowest BCUT2D eigenvalue weighted by atomic mass is 10.2. The molecule has 0 bridgehead atoms. The number of carbonyl (C=O) groups is 3. The molecule has 96 valence electrons. The molecule has 6 nitrogen and oxygen atoms in total. The number of carboxylic acid groups (broad SMARTS) is 1. The van der Waals surface area contributed by atoms with E-state index in [1.807, 2.05) is 0 Å². The van der Waals surface area contributed by atoms with Crippen molar-refractivity contribution in [2.24, 2.45) is 0 Å². The fraction of sp³-hybridized carbons (Fsp3) is 0.167. The van der Waals surface area contributed by atoms with Crippen LogP contribution in [0.2, 0.25) is 0 Å². The van der Waals surface area contributed by atoms with E-state index in [2.05, 4.69) is 4.98 Å². The van der Waals surface area contributed by atoms with E-state index in [1.54, 1.807) is 18.3 Å². The number of pyridine rings is 1. The van der Waals surface area contributed by atoms with Crippen molar-refractivity contribution < 1.29 is 19.5 Å². The number of hydrogen-bond donors (Lipinski definition) is 1. The summed E-state index contributed by atoms with van der Waals surface area (Å²) >= 11 is 1.01. The summed E-state index contributed by atoms with van der Waals surface area (Å²) in [5, 5.41) is 9.83. The summed E-state index contributed by atoms with van der Waals surface area (Å²) in [4.78, 5) is 40.4. The first-order valence-corrected chi connectivity index (χ1v) is 6.32. The van der Waals surface area contributed by atoms with Crippen molar-refractivity contribution in [3.63, 3.8) is 0 Å². The third-order valence-electron chi connectivity index (χ3n) is 2.89. The molecule has 1 N–H and O–H groups in total. The summed E-state index contributed by atoms with van der Waals surface area (Å²) in [5.41, 5.74) is 0.288. The van der Waals surface area contributed by atoms with Crippen LogP contribution in [0.15, 0.2) is 18.3 Å². The molecular formula is C12H8N2O4S. The van der Waals surface area contributed by atoms with Crippen molar-refractivity contribution in [3.8, 4) is 0 Å². The van der Waals surface area contributed by atoms with Crippen molar-refractivity contribution in [1.82, 2.24) is 4.98 Å². The van der Waals surface area contributed by atoms with Gasteiger partial charge in [0.05, 0.1) is 18.7 Å². The van der Waals surface area contributed by atoms with Gasteiger partial charge in [0.1, 0.15) is 9.71 Å². The Bertz CT molecular complexity index is 722. The van der Waals surface area contributed by atoms with Crippen molar-refractivity contribution in [3.05, 3.63) is 23.2 Å². The highest BCUT2D eigenvalue weighted by Crippen LogP contribution is 2.38. The normalized spacial score (nSPS) is 15.5. The Morgan fingerprint density at radius 1 is 1.42 bits per heavy atom. The SMILES string of the molecule is O=C1CC(=O)N(c2c(C(=O)O)sc3ncccc23)C1. The Labute approximate surface area is 111 Å². The summed E-state index contributed by atoms with van der Waals surface area (Å²) in [5.74, 6) is -1.69. The monoisotopic (exact) mass is 276 g/mol. The smallest absolute Gasteiger partial charge is 0.348 e. The minimum absolute atomic E-state index is 0.0387. The van der Waals surface area contributed by atoms with Crippen LogP contribution in [-0.2, 0) is 9.59 Å².